The highest BCUT2D eigenvalue weighted by atomic mass is 32.2. The summed E-state index contributed by atoms with van der Waals surface area (Å²) in [6, 6.07) is 17.2. The molecule has 1 amide bonds. The van der Waals surface area contributed by atoms with Crippen LogP contribution in [0.4, 0.5) is 5.69 Å². The average Bonchev–Trinajstić information content (AvgIpc) is 3.27. The molecule has 1 heterocycles. The number of amides is 1. The number of fused-ring (bicyclic) bond motifs is 1. The molecule has 10 nitrogen and oxygen atoms in total. The second kappa shape index (κ2) is 11.6. The number of carbonyl (C=O) groups excluding carboxylic acids is 2. The minimum atomic E-state index is -3.89. The van der Waals surface area contributed by atoms with E-state index in [4.69, 9.17) is 14.2 Å². The molecule has 0 bridgehead atoms. The van der Waals surface area contributed by atoms with E-state index in [2.05, 4.69) is 9.71 Å². The Morgan fingerprint density at radius 1 is 0.974 bits per heavy atom. The Bertz CT molecular complexity index is 1660. The van der Waals surface area contributed by atoms with E-state index >= 15 is 0 Å². The largest absolute Gasteiger partial charge is 0.497 e. The van der Waals surface area contributed by atoms with Crippen molar-refractivity contribution in [3.8, 4) is 5.75 Å². The van der Waals surface area contributed by atoms with Crippen LogP contribution in [0.3, 0.4) is 0 Å². The lowest BCUT2D eigenvalue weighted by Gasteiger charge is -2.09. The monoisotopic (exact) mass is 555 g/mol. The van der Waals surface area contributed by atoms with Gasteiger partial charge in [0.15, 0.2) is 4.80 Å². The van der Waals surface area contributed by atoms with Gasteiger partial charge >= 0.3 is 5.97 Å². The number of carbonyl (C=O) groups is 2. The molecule has 1 aromatic heterocycles. The number of thiazole rings is 1. The van der Waals surface area contributed by atoms with Gasteiger partial charge in [-0.2, -0.15) is 4.99 Å². The highest BCUT2D eigenvalue weighted by Gasteiger charge is 2.16. The van der Waals surface area contributed by atoms with Crippen LogP contribution >= 0.6 is 11.3 Å². The van der Waals surface area contributed by atoms with Crippen LogP contribution in [0.5, 0.6) is 5.75 Å². The van der Waals surface area contributed by atoms with Crippen molar-refractivity contribution >= 4 is 49.1 Å². The molecular formula is C26H25N3O7S2. The predicted molar refractivity (Wildman–Crippen MR) is 143 cm³/mol. The van der Waals surface area contributed by atoms with Gasteiger partial charge in [-0.1, -0.05) is 17.4 Å². The van der Waals surface area contributed by atoms with Crippen LogP contribution in [-0.2, 0) is 26.0 Å². The number of aromatic nitrogens is 1. The molecule has 0 spiro atoms. The fourth-order valence-corrected chi connectivity index (χ4v) is 5.78. The maximum Gasteiger partial charge on any atom is 0.337 e. The first kappa shape index (κ1) is 27.0. The number of nitrogens with one attached hydrogen (secondary N) is 1. The summed E-state index contributed by atoms with van der Waals surface area (Å²) in [7, 11) is 0.488. The third-order valence-corrected chi connectivity index (χ3v) is 7.99. The van der Waals surface area contributed by atoms with Crippen LogP contribution in [-0.4, -0.2) is 52.8 Å². The Kier molecular flexibility index (Phi) is 8.25. The highest BCUT2D eigenvalue weighted by molar-refractivity contribution is 7.92. The minimum absolute atomic E-state index is 0.0514. The van der Waals surface area contributed by atoms with Crippen molar-refractivity contribution < 1.29 is 32.2 Å². The van der Waals surface area contributed by atoms with Gasteiger partial charge < -0.3 is 18.8 Å². The molecule has 0 saturated carbocycles. The van der Waals surface area contributed by atoms with Crippen molar-refractivity contribution in [3.63, 3.8) is 0 Å². The number of benzene rings is 3. The van der Waals surface area contributed by atoms with Crippen molar-refractivity contribution in [1.29, 1.82) is 0 Å². The van der Waals surface area contributed by atoms with E-state index in [1.165, 1.54) is 43.8 Å². The quantitative estimate of drug-likeness (QED) is 0.312. The summed E-state index contributed by atoms with van der Waals surface area (Å²) in [5.41, 5.74) is 1.58. The van der Waals surface area contributed by atoms with Gasteiger partial charge in [0.25, 0.3) is 15.9 Å². The number of anilines is 1. The summed E-state index contributed by atoms with van der Waals surface area (Å²) in [5.74, 6) is -0.489. The standard InChI is InChI=1S/C26H25N3O7S2/c1-34-14-13-29-22-12-7-18(25(31)36-3)16-23(22)37-26(29)27-24(30)17-5-4-6-19(15-17)28-38(32,33)21-10-8-20(35-2)9-11-21/h4-12,15-16,28H,13-14H2,1-3H3. The van der Waals surface area contributed by atoms with Gasteiger partial charge in [0.05, 0.1) is 41.5 Å². The molecule has 0 fully saturated rings. The van der Waals surface area contributed by atoms with Crippen LogP contribution in [0.25, 0.3) is 10.2 Å². The molecule has 38 heavy (non-hydrogen) atoms. The van der Waals surface area contributed by atoms with Crippen molar-refractivity contribution in [2.24, 2.45) is 4.99 Å². The molecule has 0 aliphatic carbocycles. The number of nitrogens with zero attached hydrogens (tertiary/aromatic N) is 2. The van der Waals surface area contributed by atoms with Gasteiger partial charge in [0, 0.05) is 24.9 Å². The van der Waals surface area contributed by atoms with Crippen LogP contribution in [0.15, 0.2) is 76.6 Å². The van der Waals surface area contributed by atoms with Crippen molar-refractivity contribution in [1.82, 2.24) is 4.57 Å². The topological polar surface area (TPSA) is 125 Å². The second-order valence-corrected chi connectivity index (χ2v) is 10.7. The molecule has 4 aromatic rings. The van der Waals surface area contributed by atoms with E-state index in [0.717, 1.165) is 10.2 Å². The zero-order chi connectivity index (χ0) is 27.3. The van der Waals surface area contributed by atoms with Crippen LogP contribution in [0.1, 0.15) is 20.7 Å². The Labute approximate surface area is 223 Å². The molecule has 4 rings (SSSR count). The number of methoxy groups -OCH3 is 3. The van der Waals surface area contributed by atoms with Gasteiger partial charge in [-0.25, -0.2) is 13.2 Å². The van der Waals surface area contributed by atoms with Crippen molar-refractivity contribution in [3.05, 3.63) is 82.7 Å². The number of hydrogen-bond acceptors (Lipinski definition) is 8. The summed E-state index contributed by atoms with van der Waals surface area (Å²) in [4.78, 5) is 29.9. The Hall–Kier alpha value is -4.00. The number of rotatable bonds is 9. The Morgan fingerprint density at radius 2 is 1.74 bits per heavy atom. The molecule has 12 heteroatoms. The van der Waals surface area contributed by atoms with Crippen LogP contribution in [0.2, 0.25) is 0 Å². The minimum Gasteiger partial charge on any atom is -0.497 e. The summed E-state index contributed by atoms with van der Waals surface area (Å²) in [5, 5.41) is 0. The first-order chi connectivity index (χ1) is 18.2. The first-order valence-corrected chi connectivity index (χ1v) is 13.6. The molecule has 0 aliphatic rings. The predicted octanol–water partition coefficient (Wildman–Crippen LogP) is 3.69. The third kappa shape index (κ3) is 5.93. The van der Waals surface area contributed by atoms with Gasteiger partial charge in [-0.15, -0.1) is 0 Å². The average molecular weight is 556 g/mol. The Balaban J connectivity index is 1.66. The van der Waals surface area contributed by atoms with Gasteiger partial charge in [0.1, 0.15) is 5.75 Å². The molecule has 0 saturated heterocycles. The first-order valence-electron chi connectivity index (χ1n) is 11.3. The van der Waals surface area contributed by atoms with E-state index < -0.39 is 21.9 Å². The lowest BCUT2D eigenvalue weighted by atomic mass is 10.2. The third-order valence-electron chi connectivity index (χ3n) is 5.55. The maximum atomic E-state index is 13.1. The number of ether oxygens (including phenoxy) is 3. The molecule has 0 atom stereocenters. The van der Waals surface area contributed by atoms with E-state index in [9.17, 15) is 18.0 Å². The highest BCUT2D eigenvalue weighted by Crippen LogP contribution is 2.22. The number of esters is 1. The van der Waals surface area contributed by atoms with E-state index in [1.807, 2.05) is 4.57 Å². The fraction of sp³-hybridized carbons (Fsp3) is 0.192. The van der Waals surface area contributed by atoms with Gasteiger partial charge in [0.2, 0.25) is 0 Å². The number of hydrogen-bond donors (Lipinski definition) is 1. The Morgan fingerprint density at radius 3 is 2.42 bits per heavy atom. The van der Waals surface area contributed by atoms with E-state index in [0.29, 0.717) is 29.3 Å². The van der Waals surface area contributed by atoms with E-state index in [1.54, 1.807) is 55.6 Å². The summed E-state index contributed by atoms with van der Waals surface area (Å²) < 4.78 is 45.8. The lowest BCUT2D eigenvalue weighted by Crippen LogP contribution is -2.19. The number of sulfonamides is 1. The molecule has 3 aromatic carbocycles. The normalized spacial score (nSPS) is 11.9. The zero-order valence-corrected chi connectivity index (χ0v) is 22.5. The molecule has 1 N–H and O–H groups in total. The summed E-state index contributed by atoms with van der Waals surface area (Å²) in [6.45, 7) is 0.816. The summed E-state index contributed by atoms with van der Waals surface area (Å²) >= 11 is 1.24. The van der Waals surface area contributed by atoms with Crippen LogP contribution < -0.4 is 14.3 Å². The molecule has 0 unspecified atom stereocenters. The molecule has 0 radical (unpaired) electrons. The van der Waals surface area contributed by atoms with Crippen molar-refractivity contribution in [2.75, 3.05) is 32.7 Å². The maximum absolute atomic E-state index is 13.1. The van der Waals surface area contributed by atoms with Gasteiger partial charge in [-0.3, -0.25) is 9.52 Å². The smallest absolute Gasteiger partial charge is 0.337 e. The molecule has 0 aliphatic heterocycles. The summed E-state index contributed by atoms with van der Waals surface area (Å²) in [6.07, 6.45) is 0. The second-order valence-electron chi connectivity index (χ2n) is 7.98. The van der Waals surface area contributed by atoms with E-state index in [-0.39, 0.29) is 16.1 Å². The molecular weight excluding hydrogens is 530 g/mol. The zero-order valence-electron chi connectivity index (χ0n) is 20.8. The lowest BCUT2D eigenvalue weighted by molar-refractivity contribution is 0.0600. The fourth-order valence-electron chi connectivity index (χ4n) is 3.64. The van der Waals surface area contributed by atoms with Crippen LogP contribution in [0, 0.1) is 0 Å². The molecule has 198 valence electrons. The SMILES string of the molecule is COCCn1c(=NC(=O)c2cccc(NS(=O)(=O)c3ccc(OC)cc3)c2)sc2cc(C(=O)OC)ccc21. The van der Waals surface area contributed by atoms with Crippen molar-refractivity contribution in [2.45, 2.75) is 11.4 Å². The van der Waals surface area contributed by atoms with Gasteiger partial charge in [-0.05, 0) is 60.7 Å².